The van der Waals surface area contributed by atoms with Crippen LogP contribution < -0.4 is 5.56 Å². The van der Waals surface area contributed by atoms with Gasteiger partial charge in [-0.1, -0.05) is 41.9 Å². The summed E-state index contributed by atoms with van der Waals surface area (Å²) in [6.45, 7) is 0. The van der Waals surface area contributed by atoms with Crippen LogP contribution in [0.5, 0.6) is 5.75 Å². The summed E-state index contributed by atoms with van der Waals surface area (Å²) in [5.41, 5.74) is 4.42. The molecule has 1 aliphatic rings. The van der Waals surface area contributed by atoms with Crippen molar-refractivity contribution in [2.45, 2.75) is 19.3 Å². The second-order valence-electron chi connectivity index (χ2n) is 6.98. The number of H-pyrrole nitrogens is 1. The minimum atomic E-state index is -0.435. The summed E-state index contributed by atoms with van der Waals surface area (Å²) >= 11 is 7.76. The van der Waals surface area contributed by atoms with Gasteiger partial charge >= 0.3 is 0 Å². The first-order valence-electron chi connectivity index (χ1n) is 8.98. The number of nitrogens with one attached hydrogen (secondary N) is 1. The van der Waals surface area contributed by atoms with Crippen molar-refractivity contribution in [3.05, 3.63) is 74.1 Å². The summed E-state index contributed by atoms with van der Waals surface area (Å²) in [4.78, 5) is 15.9. The van der Waals surface area contributed by atoms with Gasteiger partial charge in [-0.25, -0.2) is 4.39 Å². The van der Waals surface area contributed by atoms with Crippen LogP contribution in [0.15, 0.2) is 47.3 Å². The zero-order chi connectivity index (χ0) is 19.4. The monoisotopic (exact) mass is 411 g/mol. The molecule has 0 amide bonds. The Morgan fingerprint density at radius 3 is 2.50 bits per heavy atom. The summed E-state index contributed by atoms with van der Waals surface area (Å²) in [6, 6.07) is 11.7. The van der Waals surface area contributed by atoms with Crippen molar-refractivity contribution in [3.63, 3.8) is 0 Å². The van der Waals surface area contributed by atoms with Crippen LogP contribution in [0, 0.1) is 5.82 Å². The number of rotatable bonds is 2. The molecule has 0 radical (unpaired) electrons. The van der Waals surface area contributed by atoms with E-state index in [4.69, 9.17) is 11.6 Å². The zero-order valence-electron chi connectivity index (χ0n) is 14.7. The molecular formula is C22H15ClFNO2S. The normalized spacial score (nSPS) is 13.2. The number of aromatic nitrogens is 1. The predicted molar refractivity (Wildman–Crippen MR) is 112 cm³/mol. The number of hydrogen-bond donors (Lipinski definition) is 2. The molecule has 0 atom stereocenters. The summed E-state index contributed by atoms with van der Waals surface area (Å²) in [5.74, 6) is -0.540. The highest BCUT2D eigenvalue weighted by molar-refractivity contribution is 7.23. The number of aromatic hydroxyl groups is 1. The molecule has 0 fully saturated rings. The third-order valence-electron chi connectivity index (χ3n) is 5.31. The van der Waals surface area contributed by atoms with Gasteiger partial charge in [-0.2, -0.15) is 0 Å². The van der Waals surface area contributed by atoms with Crippen LogP contribution in [0.3, 0.4) is 0 Å². The number of aromatic amines is 1. The number of fused-ring (bicyclic) bond motifs is 2. The van der Waals surface area contributed by atoms with Crippen LogP contribution in [0.25, 0.3) is 32.5 Å². The smallest absolute Gasteiger partial charge is 0.260 e. The Balaban J connectivity index is 1.79. The van der Waals surface area contributed by atoms with E-state index in [0.29, 0.717) is 25.7 Å². The van der Waals surface area contributed by atoms with Crippen LogP contribution >= 0.6 is 22.9 Å². The number of benzene rings is 2. The number of hydrogen-bond acceptors (Lipinski definition) is 3. The summed E-state index contributed by atoms with van der Waals surface area (Å²) in [6.07, 6.45) is 3.26. The fourth-order valence-corrected chi connectivity index (χ4v) is 5.37. The van der Waals surface area contributed by atoms with Gasteiger partial charge in [0.2, 0.25) is 0 Å². The molecule has 4 aromatic rings. The lowest BCUT2D eigenvalue weighted by Gasteiger charge is -2.09. The van der Waals surface area contributed by atoms with E-state index in [0.717, 1.165) is 24.8 Å². The van der Waals surface area contributed by atoms with E-state index < -0.39 is 11.4 Å². The molecule has 2 aromatic carbocycles. The molecule has 1 aliphatic carbocycles. The van der Waals surface area contributed by atoms with Crippen LogP contribution in [0.4, 0.5) is 4.39 Å². The lowest BCUT2D eigenvalue weighted by molar-refractivity contribution is 0.483. The van der Waals surface area contributed by atoms with Gasteiger partial charge in [-0.3, -0.25) is 4.79 Å². The molecule has 0 saturated carbocycles. The molecule has 2 heterocycles. The Bertz CT molecular complexity index is 1290. The van der Waals surface area contributed by atoms with Crippen molar-refractivity contribution in [1.29, 1.82) is 0 Å². The van der Waals surface area contributed by atoms with Gasteiger partial charge < -0.3 is 10.1 Å². The molecule has 0 saturated heterocycles. The van der Waals surface area contributed by atoms with Gasteiger partial charge in [0, 0.05) is 5.56 Å². The first kappa shape index (κ1) is 17.5. The van der Waals surface area contributed by atoms with Crippen LogP contribution in [0.2, 0.25) is 4.34 Å². The molecular weight excluding hydrogens is 397 g/mol. The van der Waals surface area contributed by atoms with Crippen molar-refractivity contribution in [1.82, 2.24) is 4.98 Å². The molecule has 28 heavy (non-hydrogen) atoms. The van der Waals surface area contributed by atoms with Gasteiger partial charge in [-0.15, -0.1) is 11.3 Å². The second-order valence-corrected chi connectivity index (χ2v) is 8.60. The van der Waals surface area contributed by atoms with Gasteiger partial charge in [0.25, 0.3) is 5.56 Å². The van der Waals surface area contributed by atoms with Crippen molar-refractivity contribution in [2.75, 3.05) is 0 Å². The SMILES string of the molecule is O=c1[nH]c2sc(Cl)c(-c3ccc4c(c3)CCC4)c2c(O)c1-c1ccc(F)cc1. The molecule has 0 bridgehead atoms. The maximum Gasteiger partial charge on any atom is 0.260 e. The Labute approximate surface area is 169 Å². The number of pyridine rings is 1. The summed E-state index contributed by atoms with van der Waals surface area (Å²) in [7, 11) is 0. The molecule has 5 rings (SSSR count). The van der Waals surface area contributed by atoms with Crippen LogP contribution in [-0.2, 0) is 12.8 Å². The van der Waals surface area contributed by atoms with E-state index in [2.05, 4.69) is 17.1 Å². The molecule has 0 unspecified atom stereocenters. The lowest BCUT2D eigenvalue weighted by Crippen LogP contribution is -2.08. The molecule has 0 aliphatic heterocycles. The van der Waals surface area contributed by atoms with Crippen LogP contribution in [-0.4, -0.2) is 10.1 Å². The molecule has 3 nitrogen and oxygen atoms in total. The molecule has 2 aromatic heterocycles. The summed E-state index contributed by atoms with van der Waals surface area (Å²) < 4.78 is 13.8. The fraction of sp³-hybridized carbons (Fsp3) is 0.136. The van der Waals surface area contributed by atoms with E-state index in [1.54, 1.807) is 0 Å². The molecule has 0 spiro atoms. The standard InChI is InChI=1S/C22H15ClFNO2S/c23-20-16(14-5-4-11-2-1-3-13(11)10-14)18-19(26)17(21(27)25-22(18)28-20)12-6-8-15(24)9-7-12/h4-10H,1-3H2,(H2,25,26,27). The highest BCUT2D eigenvalue weighted by Gasteiger charge is 2.23. The number of halogens is 2. The predicted octanol–water partition coefficient (Wildman–Crippen LogP) is 5.91. The van der Waals surface area contributed by atoms with Gasteiger partial charge in [-0.05, 0) is 53.6 Å². The highest BCUT2D eigenvalue weighted by Crippen LogP contribution is 2.47. The van der Waals surface area contributed by atoms with E-state index >= 15 is 0 Å². The maximum atomic E-state index is 13.3. The van der Waals surface area contributed by atoms with Crippen molar-refractivity contribution >= 4 is 33.2 Å². The largest absolute Gasteiger partial charge is 0.506 e. The van der Waals surface area contributed by atoms with E-state index in [1.165, 1.54) is 46.7 Å². The molecule has 6 heteroatoms. The minimum Gasteiger partial charge on any atom is -0.506 e. The Morgan fingerprint density at radius 2 is 1.71 bits per heavy atom. The Hall–Kier alpha value is -2.63. The van der Waals surface area contributed by atoms with Gasteiger partial charge in [0.05, 0.1) is 10.9 Å². The minimum absolute atomic E-state index is 0.115. The van der Waals surface area contributed by atoms with E-state index in [9.17, 15) is 14.3 Å². The van der Waals surface area contributed by atoms with Gasteiger partial charge in [0.15, 0.2) is 0 Å². The Kier molecular flexibility index (Phi) is 4.03. The van der Waals surface area contributed by atoms with Gasteiger partial charge in [0.1, 0.15) is 20.7 Å². The van der Waals surface area contributed by atoms with E-state index in [1.807, 2.05) is 6.07 Å². The Morgan fingerprint density at radius 1 is 1.00 bits per heavy atom. The average Bonchev–Trinajstić information content (AvgIpc) is 3.26. The van der Waals surface area contributed by atoms with Crippen molar-refractivity contribution in [3.8, 4) is 28.0 Å². The third-order valence-corrected chi connectivity index (χ3v) is 6.63. The topological polar surface area (TPSA) is 53.1 Å². The quantitative estimate of drug-likeness (QED) is 0.430. The number of thiophene rings is 1. The third kappa shape index (κ3) is 2.65. The second kappa shape index (κ2) is 6.47. The first-order valence-corrected chi connectivity index (χ1v) is 10.2. The molecule has 2 N–H and O–H groups in total. The lowest BCUT2D eigenvalue weighted by atomic mass is 9.98. The zero-order valence-corrected chi connectivity index (χ0v) is 16.3. The highest BCUT2D eigenvalue weighted by atomic mass is 35.5. The first-order chi connectivity index (χ1) is 13.5. The maximum absolute atomic E-state index is 13.3. The van der Waals surface area contributed by atoms with Crippen molar-refractivity contribution in [2.24, 2.45) is 0 Å². The van der Waals surface area contributed by atoms with Crippen LogP contribution in [0.1, 0.15) is 17.5 Å². The number of aryl methyl sites for hydroxylation is 2. The average molecular weight is 412 g/mol. The fourth-order valence-electron chi connectivity index (χ4n) is 3.99. The summed E-state index contributed by atoms with van der Waals surface area (Å²) in [5, 5.41) is 11.6. The van der Waals surface area contributed by atoms with Crippen molar-refractivity contribution < 1.29 is 9.50 Å². The molecule has 140 valence electrons. The van der Waals surface area contributed by atoms with E-state index in [-0.39, 0.29) is 11.3 Å².